The van der Waals surface area contributed by atoms with Crippen molar-refractivity contribution in [3.8, 4) is 0 Å². The number of piperidine rings is 1. The summed E-state index contributed by atoms with van der Waals surface area (Å²) in [5, 5.41) is 6.46. The van der Waals surface area contributed by atoms with Crippen LogP contribution in [0, 0.1) is 0 Å². The van der Waals surface area contributed by atoms with Gasteiger partial charge in [-0.1, -0.05) is 6.42 Å². The molecule has 7 nitrogen and oxygen atoms in total. The predicted molar refractivity (Wildman–Crippen MR) is 85.1 cm³/mol. The Hall–Kier alpha value is -1.25. The van der Waals surface area contributed by atoms with Crippen LogP contribution in [0.15, 0.2) is 0 Å². The lowest BCUT2D eigenvalue weighted by atomic mass is 10.0. The Labute approximate surface area is 131 Å². The third-order valence-electron chi connectivity index (χ3n) is 4.37. The molecule has 2 aliphatic rings. The van der Waals surface area contributed by atoms with Gasteiger partial charge in [-0.3, -0.25) is 0 Å². The molecule has 1 atom stereocenters. The molecule has 0 aromatic carbocycles. The van der Waals surface area contributed by atoms with Gasteiger partial charge < -0.3 is 10.6 Å². The molecule has 0 spiro atoms. The number of rotatable bonds is 3. The van der Waals surface area contributed by atoms with Crippen molar-refractivity contribution in [3.63, 3.8) is 0 Å². The average Bonchev–Trinajstić information content (AvgIpc) is 2.53. The van der Waals surface area contributed by atoms with Crippen LogP contribution in [0.4, 0.5) is 5.82 Å². The zero-order valence-electron chi connectivity index (χ0n) is 13.1. The number of hydrogen-bond acceptors (Lipinski definition) is 6. The fourth-order valence-corrected chi connectivity index (χ4v) is 4.42. The smallest absolute Gasteiger partial charge is 0.211 e. The van der Waals surface area contributed by atoms with Gasteiger partial charge in [0.1, 0.15) is 11.6 Å². The van der Waals surface area contributed by atoms with Crippen LogP contribution >= 0.6 is 0 Å². The van der Waals surface area contributed by atoms with E-state index in [0.29, 0.717) is 18.9 Å². The van der Waals surface area contributed by atoms with Crippen molar-refractivity contribution in [1.82, 2.24) is 19.6 Å². The van der Waals surface area contributed by atoms with Crippen molar-refractivity contribution in [2.75, 3.05) is 31.7 Å². The lowest BCUT2D eigenvalue weighted by molar-refractivity contribution is 0.247. The average molecular weight is 325 g/mol. The van der Waals surface area contributed by atoms with E-state index in [-0.39, 0.29) is 6.04 Å². The van der Waals surface area contributed by atoms with Crippen LogP contribution in [-0.4, -0.2) is 49.1 Å². The van der Waals surface area contributed by atoms with E-state index in [1.807, 2.05) is 7.05 Å². The summed E-state index contributed by atoms with van der Waals surface area (Å²) < 4.78 is 25.7. The van der Waals surface area contributed by atoms with Crippen molar-refractivity contribution in [2.45, 2.75) is 38.3 Å². The maximum atomic E-state index is 12.1. The van der Waals surface area contributed by atoms with Crippen LogP contribution in [0.3, 0.4) is 0 Å². The van der Waals surface area contributed by atoms with Gasteiger partial charge in [0.15, 0.2) is 0 Å². The van der Waals surface area contributed by atoms with Gasteiger partial charge >= 0.3 is 0 Å². The molecule has 1 fully saturated rings. The normalized spacial score (nSPS) is 23.1. The number of nitrogens with zero attached hydrogens (tertiary/aromatic N) is 3. The van der Waals surface area contributed by atoms with E-state index in [0.717, 1.165) is 49.3 Å². The highest BCUT2D eigenvalue weighted by Crippen LogP contribution is 2.32. The SMILES string of the molecule is CNc1nc([C@@H]2CCCCN2S(C)(=O)=O)nc2c1CCNC2. The lowest BCUT2D eigenvalue weighted by Crippen LogP contribution is -2.39. The highest BCUT2D eigenvalue weighted by atomic mass is 32.2. The summed E-state index contributed by atoms with van der Waals surface area (Å²) in [6, 6.07) is -0.247. The number of aromatic nitrogens is 2. The molecule has 2 N–H and O–H groups in total. The summed E-state index contributed by atoms with van der Waals surface area (Å²) in [5.41, 5.74) is 2.13. The van der Waals surface area contributed by atoms with Crippen LogP contribution in [0.2, 0.25) is 0 Å². The van der Waals surface area contributed by atoms with E-state index in [1.54, 1.807) is 4.31 Å². The number of anilines is 1. The minimum Gasteiger partial charge on any atom is -0.373 e. The van der Waals surface area contributed by atoms with E-state index in [2.05, 4.69) is 20.6 Å². The summed E-state index contributed by atoms with van der Waals surface area (Å²) in [6.45, 7) is 2.19. The molecule has 22 heavy (non-hydrogen) atoms. The van der Waals surface area contributed by atoms with Crippen LogP contribution in [0.1, 0.15) is 42.4 Å². The monoisotopic (exact) mass is 325 g/mol. The Morgan fingerprint density at radius 2 is 2.14 bits per heavy atom. The van der Waals surface area contributed by atoms with E-state index in [4.69, 9.17) is 0 Å². The molecule has 3 rings (SSSR count). The molecule has 0 bridgehead atoms. The van der Waals surface area contributed by atoms with Gasteiger partial charge in [-0.25, -0.2) is 18.4 Å². The van der Waals surface area contributed by atoms with Gasteiger partial charge in [0.05, 0.1) is 18.0 Å². The van der Waals surface area contributed by atoms with Gasteiger partial charge in [-0.15, -0.1) is 0 Å². The molecule has 1 saturated heterocycles. The molecule has 0 amide bonds. The molecule has 3 heterocycles. The minimum absolute atomic E-state index is 0.247. The number of nitrogens with one attached hydrogen (secondary N) is 2. The molecule has 0 saturated carbocycles. The molecular formula is C14H23N5O2S. The second-order valence-corrected chi connectivity index (χ2v) is 7.85. The van der Waals surface area contributed by atoms with Crippen molar-refractivity contribution >= 4 is 15.8 Å². The molecule has 1 aromatic rings. The van der Waals surface area contributed by atoms with Crippen molar-refractivity contribution in [3.05, 3.63) is 17.1 Å². The molecule has 0 radical (unpaired) electrons. The van der Waals surface area contributed by atoms with E-state index < -0.39 is 10.0 Å². The summed E-state index contributed by atoms with van der Waals surface area (Å²) in [4.78, 5) is 9.33. The molecule has 0 aliphatic carbocycles. The number of hydrogen-bond donors (Lipinski definition) is 2. The Balaban J connectivity index is 2.03. The quantitative estimate of drug-likeness (QED) is 0.848. The zero-order valence-corrected chi connectivity index (χ0v) is 13.9. The minimum atomic E-state index is -3.25. The number of sulfonamides is 1. The first-order valence-electron chi connectivity index (χ1n) is 7.75. The third-order valence-corrected chi connectivity index (χ3v) is 5.66. The topological polar surface area (TPSA) is 87.2 Å². The number of fused-ring (bicyclic) bond motifs is 1. The van der Waals surface area contributed by atoms with Gasteiger partial charge in [0.2, 0.25) is 10.0 Å². The summed E-state index contributed by atoms with van der Waals surface area (Å²) in [7, 11) is -1.40. The molecule has 2 aliphatic heterocycles. The third kappa shape index (κ3) is 2.95. The highest BCUT2D eigenvalue weighted by Gasteiger charge is 2.33. The van der Waals surface area contributed by atoms with Gasteiger partial charge in [-0.05, 0) is 25.8 Å². The highest BCUT2D eigenvalue weighted by molar-refractivity contribution is 7.88. The second kappa shape index (κ2) is 6.10. The molecule has 1 aromatic heterocycles. The predicted octanol–water partition coefficient (Wildman–Crippen LogP) is 0.651. The summed E-state index contributed by atoms with van der Waals surface area (Å²) in [6.07, 6.45) is 4.85. The molecular weight excluding hydrogens is 302 g/mol. The van der Waals surface area contributed by atoms with Gasteiger partial charge in [0.25, 0.3) is 0 Å². The molecule has 122 valence electrons. The first-order chi connectivity index (χ1) is 10.5. The van der Waals surface area contributed by atoms with Crippen molar-refractivity contribution in [2.24, 2.45) is 0 Å². The Morgan fingerprint density at radius 3 is 2.86 bits per heavy atom. The van der Waals surface area contributed by atoms with E-state index in [1.165, 1.54) is 6.26 Å². The van der Waals surface area contributed by atoms with E-state index in [9.17, 15) is 8.42 Å². The lowest BCUT2D eigenvalue weighted by Gasteiger charge is -2.33. The first kappa shape index (κ1) is 15.6. The maximum Gasteiger partial charge on any atom is 0.211 e. The molecule has 8 heteroatoms. The fraction of sp³-hybridized carbons (Fsp3) is 0.714. The summed E-state index contributed by atoms with van der Waals surface area (Å²) >= 11 is 0. The Kier molecular flexibility index (Phi) is 4.33. The van der Waals surface area contributed by atoms with Crippen molar-refractivity contribution in [1.29, 1.82) is 0 Å². The maximum absolute atomic E-state index is 12.1. The van der Waals surface area contributed by atoms with Crippen LogP contribution in [-0.2, 0) is 23.0 Å². The van der Waals surface area contributed by atoms with Crippen LogP contribution in [0.25, 0.3) is 0 Å². The fourth-order valence-electron chi connectivity index (χ4n) is 3.29. The largest absolute Gasteiger partial charge is 0.373 e. The van der Waals surface area contributed by atoms with Crippen LogP contribution in [0.5, 0.6) is 0 Å². The van der Waals surface area contributed by atoms with E-state index >= 15 is 0 Å². The van der Waals surface area contributed by atoms with Crippen LogP contribution < -0.4 is 10.6 Å². The Bertz CT molecular complexity index is 644. The molecule has 0 unspecified atom stereocenters. The Morgan fingerprint density at radius 1 is 1.32 bits per heavy atom. The van der Waals surface area contributed by atoms with Gasteiger partial charge in [-0.2, -0.15) is 4.31 Å². The van der Waals surface area contributed by atoms with Gasteiger partial charge in [0, 0.05) is 25.7 Å². The summed E-state index contributed by atoms with van der Waals surface area (Å²) in [5.74, 6) is 1.46. The zero-order chi connectivity index (χ0) is 15.7. The first-order valence-corrected chi connectivity index (χ1v) is 9.60. The standard InChI is InChI=1S/C14H23N5O2S/c1-15-13-10-6-7-16-9-11(10)17-14(18-13)12-5-3-4-8-19(12)22(2,20)21/h12,16H,3-9H2,1-2H3,(H,15,17,18)/t12-/m0/s1. The van der Waals surface area contributed by atoms with Crippen molar-refractivity contribution < 1.29 is 8.42 Å². The second-order valence-electron chi connectivity index (χ2n) is 5.92.